The van der Waals surface area contributed by atoms with Gasteiger partial charge in [-0.2, -0.15) is 0 Å². The Morgan fingerprint density at radius 1 is 0.500 bits per heavy atom. The van der Waals surface area contributed by atoms with Crippen LogP contribution >= 0.6 is 0 Å². The third-order valence-corrected chi connectivity index (χ3v) is 13.7. The molecule has 0 saturated heterocycles. The maximum absolute atomic E-state index is 7.20. The number of aromatic nitrogens is 1. The van der Waals surface area contributed by atoms with Crippen LogP contribution in [0.15, 0.2) is 128 Å². The van der Waals surface area contributed by atoms with Crippen molar-refractivity contribution in [3.05, 3.63) is 128 Å². The van der Waals surface area contributed by atoms with E-state index in [2.05, 4.69) is 108 Å². The number of hydrogen-bond donors (Lipinski definition) is 0. The van der Waals surface area contributed by atoms with Crippen LogP contribution in [-0.2, 0) is 0 Å². The summed E-state index contributed by atoms with van der Waals surface area (Å²) in [4.78, 5) is 4.65. The number of hydrogen-bond acceptors (Lipinski definition) is 2. The van der Waals surface area contributed by atoms with E-state index in [1.54, 1.807) is 0 Å². The van der Waals surface area contributed by atoms with Crippen molar-refractivity contribution in [1.82, 2.24) is 4.98 Å². The normalized spacial score (nSPS) is 11.3. The van der Waals surface area contributed by atoms with Crippen LogP contribution in [0.2, 0.25) is 0 Å². The van der Waals surface area contributed by atoms with Gasteiger partial charge in [0.2, 0.25) is 0 Å². The van der Waals surface area contributed by atoms with E-state index in [9.17, 15) is 0 Å². The van der Waals surface area contributed by atoms with Crippen molar-refractivity contribution in [2.45, 2.75) is 0 Å². The topological polar surface area (TPSA) is 22.1 Å². The molecule has 3 heteroatoms. The zero-order chi connectivity index (χ0) is 20.2. The van der Waals surface area contributed by atoms with Crippen LogP contribution in [0.25, 0.3) is 10.9 Å². The van der Waals surface area contributed by atoms with Gasteiger partial charge in [0.15, 0.2) is 0 Å². The molecule has 0 aliphatic carbocycles. The molecular formula is C27H21GeNO. The summed E-state index contributed by atoms with van der Waals surface area (Å²) in [5.74, 6) is 0.838. The number of nitrogens with zero attached hydrogens (tertiary/aromatic N) is 1. The molecule has 0 unspecified atom stereocenters. The Labute approximate surface area is 179 Å². The second-order valence-corrected chi connectivity index (χ2v) is 14.1. The summed E-state index contributed by atoms with van der Waals surface area (Å²) in [6.07, 6.45) is 1.83. The van der Waals surface area contributed by atoms with Gasteiger partial charge in [0.05, 0.1) is 0 Å². The molecule has 5 rings (SSSR count). The number of fused-ring (bicyclic) bond motifs is 1. The fourth-order valence-electron chi connectivity index (χ4n) is 4.02. The van der Waals surface area contributed by atoms with Crippen molar-refractivity contribution in [2.24, 2.45) is 0 Å². The molecule has 5 aromatic rings. The van der Waals surface area contributed by atoms with Gasteiger partial charge < -0.3 is 0 Å². The molecule has 0 radical (unpaired) electrons. The van der Waals surface area contributed by atoms with Gasteiger partial charge in [-0.25, -0.2) is 0 Å². The number of rotatable bonds is 5. The fourth-order valence-corrected chi connectivity index (χ4v) is 12.1. The van der Waals surface area contributed by atoms with Crippen molar-refractivity contribution in [1.29, 1.82) is 0 Å². The minimum absolute atomic E-state index is 0.838. The molecule has 0 fully saturated rings. The summed E-state index contributed by atoms with van der Waals surface area (Å²) in [6, 6.07) is 42.3. The van der Waals surface area contributed by atoms with Crippen molar-refractivity contribution in [2.75, 3.05) is 0 Å². The van der Waals surface area contributed by atoms with E-state index in [0.717, 1.165) is 16.7 Å². The predicted molar refractivity (Wildman–Crippen MR) is 126 cm³/mol. The summed E-state index contributed by atoms with van der Waals surface area (Å²) in [7, 11) is 0. The Morgan fingerprint density at radius 3 is 1.53 bits per heavy atom. The number of para-hydroxylation sites is 1. The summed E-state index contributed by atoms with van der Waals surface area (Å²) in [5.41, 5.74) is 0.901. The summed E-state index contributed by atoms with van der Waals surface area (Å²) in [6.45, 7) is 0. The van der Waals surface area contributed by atoms with E-state index in [1.165, 1.54) is 13.2 Å². The van der Waals surface area contributed by atoms with Crippen LogP contribution in [0.4, 0.5) is 0 Å². The first-order valence-corrected chi connectivity index (χ1v) is 14.1. The van der Waals surface area contributed by atoms with Crippen LogP contribution < -0.4 is 17.0 Å². The van der Waals surface area contributed by atoms with E-state index < -0.39 is 13.6 Å². The van der Waals surface area contributed by atoms with Gasteiger partial charge in [-0.1, -0.05) is 0 Å². The molecule has 0 bridgehead atoms. The Morgan fingerprint density at radius 2 is 1.00 bits per heavy atom. The summed E-state index contributed by atoms with van der Waals surface area (Å²) >= 11 is -3.53. The molecule has 144 valence electrons. The number of pyridine rings is 1. The van der Waals surface area contributed by atoms with Gasteiger partial charge >= 0.3 is 180 Å². The first-order valence-electron chi connectivity index (χ1n) is 10.1. The van der Waals surface area contributed by atoms with Crippen LogP contribution in [-0.4, -0.2) is 18.6 Å². The summed E-state index contributed by atoms with van der Waals surface area (Å²) < 4.78 is 11.0. The van der Waals surface area contributed by atoms with Crippen molar-refractivity contribution < 1.29 is 3.76 Å². The van der Waals surface area contributed by atoms with Crippen molar-refractivity contribution >= 4 is 37.7 Å². The SMILES string of the molecule is c1cc[c]([Ge]([O]c2cccc3cccnc23)([c]2ccccc2)[c]2ccccc2)cc1. The standard InChI is InChI=1S/C27H21GeNO/c1-4-14-23(15-5-1)28(24-16-6-2-7-17-24,25-18-8-3-9-19-25)30-26-20-10-12-22-13-11-21-29-27(22)26/h1-21H. The Bertz CT molecular complexity index is 1160. The Kier molecular flexibility index (Phi) is 5.08. The average molecular weight is 448 g/mol. The molecular weight excluding hydrogens is 427 g/mol. The Balaban J connectivity index is 1.82. The quantitative estimate of drug-likeness (QED) is 0.375. The summed E-state index contributed by atoms with van der Waals surface area (Å²) in [5, 5.41) is 1.08. The van der Waals surface area contributed by atoms with Crippen molar-refractivity contribution in [3.63, 3.8) is 0 Å². The minimum atomic E-state index is -3.53. The molecule has 30 heavy (non-hydrogen) atoms. The first-order chi connectivity index (χ1) is 14.9. The van der Waals surface area contributed by atoms with Crippen LogP contribution in [0.1, 0.15) is 0 Å². The van der Waals surface area contributed by atoms with Gasteiger partial charge in [-0.3, -0.25) is 0 Å². The monoisotopic (exact) mass is 449 g/mol. The molecule has 0 amide bonds. The molecule has 0 spiro atoms. The Hall–Kier alpha value is -3.37. The molecule has 1 aromatic heterocycles. The zero-order valence-corrected chi connectivity index (χ0v) is 18.6. The molecule has 2 nitrogen and oxygen atoms in total. The fraction of sp³-hybridized carbons (Fsp3) is 0. The third kappa shape index (κ3) is 3.29. The second-order valence-electron chi connectivity index (χ2n) is 7.21. The van der Waals surface area contributed by atoms with E-state index in [-0.39, 0.29) is 0 Å². The van der Waals surface area contributed by atoms with Gasteiger partial charge in [-0.05, 0) is 0 Å². The molecule has 0 atom stereocenters. The predicted octanol–water partition coefficient (Wildman–Crippen LogP) is 4.28. The molecule has 0 aliphatic rings. The molecule has 0 N–H and O–H groups in total. The van der Waals surface area contributed by atoms with Crippen LogP contribution in [0, 0.1) is 0 Å². The third-order valence-electron chi connectivity index (χ3n) is 5.40. The average Bonchev–Trinajstić information content (AvgIpc) is 2.84. The maximum atomic E-state index is 7.20. The molecule has 4 aromatic carbocycles. The molecule has 1 heterocycles. The van der Waals surface area contributed by atoms with Crippen LogP contribution in [0.3, 0.4) is 0 Å². The van der Waals surface area contributed by atoms with Crippen molar-refractivity contribution in [3.8, 4) is 5.75 Å². The molecule has 0 saturated carbocycles. The zero-order valence-electron chi connectivity index (χ0n) is 16.5. The van der Waals surface area contributed by atoms with Gasteiger partial charge in [0.1, 0.15) is 0 Å². The van der Waals surface area contributed by atoms with Crippen LogP contribution in [0.5, 0.6) is 5.75 Å². The van der Waals surface area contributed by atoms with Gasteiger partial charge in [-0.15, -0.1) is 0 Å². The van der Waals surface area contributed by atoms with E-state index in [0.29, 0.717) is 0 Å². The van der Waals surface area contributed by atoms with E-state index >= 15 is 0 Å². The molecule has 0 aliphatic heterocycles. The number of benzene rings is 4. The van der Waals surface area contributed by atoms with E-state index in [1.807, 2.05) is 24.4 Å². The van der Waals surface area contributed by atoms with Gasteiger partial charge in [0.25, 0.3) is 0 Å². The van der Waals surface area contributed by atoms with Gasteiger partial charge in [0, 0.05) is 0 Å². The second kappa shape index (κ2) is 8.17. The van der Waals surface area contributed by atoms with E-state index in [4.69, 9.17) is 3.76 Å². The first kappa shape index (κ1) is 18.6.